The molecule has 1 aromatic rings. The van der Waals surface area contributed by atoms with E-state index in [2.05, 4.69) is 41.4 Å². The number of piperidine rings is 1. The molecule has 1 saturated heterocycles. The maximum absolute atomic E-state index is 3.15. The number of rotatable bonds is 2. The van der Waals surface area contributed by atoms with Gasteiger partial charge in [0.2, 0.25) is 0 Å². The van der Waals surface area contributed by atoms with Gasteiger partial charge in [0.25, 0.3) is 0 Å². The van der Waals surface area contributed by atoms with Gasteiger partial charge in [-0.3, -0.25) is 0 Å². The molecular weight excluding hydrogens is 184 g/mol. The van der Waals surface area contributed by atoms with Gasteiger partial charge in [-0.05, 0) is 50.5 Å². The summed E-state index contributed by atoms with van der Waals surface area (Å²) >= 11 is 0. The number of hydrogen-bond donors (Lipinski definition) is 1. The summed E-state index contributed by atoms with van der Waals surface area (Å²) in [7, 11) is 1.96. The van der Waals surface area contributed by atoms with E-state index in [0.29, 0.717) is 6.04 Å². The molecule has 1 aliphatic heterocycles. The van der Waals surface area contributed by atoms with Crippen LogP contribution in [0.4, 0.5) is 11.4 Å². The summed E-state index contributed by atoms with van der Waals surface area (Å²) in [4.78, 5) is 2.52. The van der Waals surface area contributed by atoms with Gasteiger partial charge >= 0.3 is 0 Å². The first-order valence-corrected chi connectivity index (χ1v) is 5.85. The lowest BCUT2D eigenvalue weighted by Gasteiger charge is -2.35. The number of benzene rings is 1. The molecule has 0 unspecified atom stereocenters. The van der Waals surface area contributed by atoms with Crippen molar-refractivity contribution in [1.29, 1.82) is 0 Å². The average Bonchev–Trinajstić information content (AvgIpc) is 2.30. The summed E-state index contributed by atoms with van der Waals surface area (Å²) in [6, 6.07) is 9.42. The van der Waals surface area contributed by atoms with Crippen LogP contribution in [0, 0.1) is 0 Å². The molecule has 0 saturated carbocycles. The molecule has 1 N–H and O–H groups in total. The first-order chi connectivity index (χ1) is 7.31. The molecule has 0 spiro atoms. The molecule has 2 heteroatoms. The van der Waals surface area contributed by atoms with Crippen LogP contribution in [0.2, 0.25) is 0 Å². The second-order valence-corrected chi connectivity index (χ2v) is 4.34. The smallest absolute Gasteiger partial charge is 0.0370 e. The van der Waals surface area contributed by atoms with Gasteiger partial charge in [-0.15, -0.1) is 0 Å². The second kappa shape index (κ2) is 4.56. The Hall–Kier alpha value is -1.18. The molecule has 1 aromatic carbocycles. The van der Waals surface area contributed by atoms with Crippen molar-refractivity contribution in [3.8, 4) is 0 Å². The van der Waals surface area contributed by atoms with Gasteiger partial charge < -0.3 is 10.2 Å². The molecule has 2 nitrogen and oxygen atoms in total. The lowest BCUT2D eigenvalue weighted by molar-refractivity contribution is 0.485. The van der Waals surface area contributed by atoms with E-state index in [4.69, 9.17) is 0 Å². The zero-order valence-electron chi connectivity index (χ0n) is 9.66. The van der Waals surface area contributed by atoms with Crippen LogP contribution in [-0.4, -0.2) is 19.6 Å². The zero-order valence-corrected chi connectivity index (χ0v) is 9.66. The molecule has 0 aromatic heterocycles. The first-order valence-electron chi connectivity index (χ1n) is 5.85. The molecule has 1 heterocycles. The van der Waals surface area contributed by atoms with Crippen molar-refractivity contribution in [1.82, 2.24) is 0 Å². The van der Waals surface area contributed by atoms with Crippen molar-refractivity contribution >= 4 is 11.4 Å². The average molecular weight is 204 g/mol. The number of nitrogens with one attached hydrogen (secondary N) is 1. The predicted molar refractivity (Wildman–Crippen MR) is 66.6 cm³/mol. The van der Waals surface area contributed by atoms with Crippen molar-refractivity contribution in [2.75, 3.05) is 23.8 Å². The summed E-state index contributed by atoms with van der Waals surface area (Å²) in [6.45, 7) is 3.53. The van der Waals surface area contributed by atoms with E-state index in [9.17, 15) is 0 Å². The molecule has 1 fully saturated rings. The maximum Gasteiger partial charge on any atom is 0.0370 e. The largest absolute Gasteiger partial charge is 0.388 e. The minimum Gasteiger partial charge on any atom is -0.388 e. The van der Waals surface area contributed by atoms with Gasteiger partial charge in [0.1, 0.15) is 0 Å². The highest BCUT2D eigenvalue weighted by Gasteiger charge is 2.17. The van der Waals surface area contributed by atoms with E-state index in [1.165, 1.54) is 37.2 Å². The van der Waals surface area contributed by atoms with Gasteiger partial charge in [0.15, 0.2) is 0 Å². The molecule has 1 aliphatic rings. The third kappa shape index (κ3) is 2.25. The van der Waals surface area contributed by atoms with Crippen LogP contribution in [0.5, 0.6) is 0 Å². The van der Waals surface area contributed by atoms with E-state index < -0.39 is 0 Å². The molecule has 0 bridgehead atoms. The number of anilines is 2. The van der Waals surface area contributed by atoms with Crippen LogP contribution >= 0.6 is 0 Å². The van der Waals surface area contributed by atoms with Gasteiger partial charge in [0, 0.05) is 31.0 Å². The molecule has 82 valence electrons. The van der Waals surface area contributed by atoms with Crippen molar-refractivity contribution in [2.24, 2.45) is 0 Å². The highest BCUT2D eigenvalue weighted by atomic mass is 15.2. The molecule has 15 heavy (non-hydrogen) atoms. The van der Waals surface area contributed by atoms with E-state index in [1.54, 1.807) is 0 Å². The molecular formula is C13H20N2. The Morgan fingerprint density at radius 2 is 1.93 bits per heavy atom. The quantitative estimate of drug-likeness (QED) is 0.796. The van der Waals surface area contributed by atoms with Crippen molar-refractivity contribution in [2.45, 2.75) is 32.2 Å². The van der Waals surface area contributed by atoms with Crippen LogP contribution in [0.1, 0.15) is 26.2 Å². The Morgan fingerprint density at radius 3 is 2.53 bits per heavy atom. The summed E-state index contributed by atoms with van der Waals surface area (Å²) < 4.78 is 0. The second-order valence-electron chi connectivity index (χ2n) is 4.34. The molecule has 0 aliphatic carbocycles. The Balaban J connectivity index is 2.13. The van der Waals surface area contributed by atoms with Crippen LogP contribution in [0.15, 0.2) is 24.3 Å². The molecule has 2 rings (SSSR count). The van der Waals surface area contributed by atoms with Crippen LogP contribution < -0.4 is 10.2 Å². The standard InChI is InChI=1S/C13H20N2/c1-11-5-3-4-10-15(11)13-8-6-12(14-2)7-9-13/h6-9,11,14H,3-5,10H2,1-2H3/t11-/m0/s1. The lowest BCUT2D eigenvalue weighted by Crippen LogP contribution is -2.37. The zero-order chi connectivity index (χ0) is 10.7. The fourth-order valence-corrected chi connectivity index (χ4v) is 2.30. The topological polar surface area (TPSA) is 15.3 Å². The van der Waals surface area contributed by atoms with Crippen molar-refractivity contribution in [3.05, 3.63) is 24.3 Å². The van der Waals surface area contributed by atoms with Gasteiger partial charge in [-0.1, -0.05) is 0 Å². The third-order valence-electron chi connectivity index (χ3n) is 3.29. The Bertz CT molecular complexity index is 305. The first kappa shape index (κ1) is 10.3. The molecule has 1 atom stereocenters. The monoisotopic (exact) mass is 204 g/mol. The number of hydrogen-bond acceptors (Lipinski definition) is 2. The van der Waals surface area contributed by atoms with E-state index >= 15 is 0 Å². The third-order valence-corrected chi connectivity index (χ3v) is 3.29. The SMILES string of the molecule is CNc1ccc(N2CCCC[C@@H]2C)cc1. The summed E-state index contributed by atoms with van der Waals surface area (Å²) in [5, 5.41) is 3.15. The Labute approximate surface area is 92.3 Å². The van der Waals surface area contributed by atoms with Gasteiger partial charge in [-0.25, -0.2) is 0 Å². The normalized spacial score (nSPS) is 21.5. The van der Waals surface area contributed by atoms with E-state index in [-0.39, 0.29) is 0 Å². The summed E-state index contributed by atoms with van der Waals surface area (Å²) in [5.41, 5.74) is 2.55. The fraction of sp³-hybridized carbons (Fsp3) is 0.538. The van der Waals surface area contributed by atoms with Crippen molar-refractivity contribution in [3.63, 3.8) is 0 Å². The van der Waals surface area contributed by atoms with E-state index in [1.807, 2.05) is 7.05 Å². The maximum atomic E-state index is 3.15. The summed E-state index contributed by atoms with van der Waals surface area (Å²) in [5.74, 6) is 0. The molecule has 0 radical (unpaired) electrons. The van der Waals surface area contributed by atoms with Crippen LogP contribution in [-0.2, 0) is 0 Å². The number of nitrogens with zero attached hydrogens (tertiary/aromatic N) is 1. The van der Waals surface area contributed by atoms with Crippen molar-refractivity contribution < 1.29 is 0 Å². The highest BCUT2D eigenvalue weighted by Crippen LogP contribution is 2.25. The minimum atomic E-state index is 0.694. The lowest BCUT2D eigenvalue weighted by atomic mass is 10.0. The predicted octanol–water partition coefficient (Wildman–Crippen LogP) is 3.11. The minimum absolute atomic E-state index is 0.694. The van der Waals surface area contributed by atoms with Crippen LogP contribution in [0.25, 0.3) is 0 Å². The van der Waals surface area contributed by atoms with Gasteiger partial charge in [0.05, 0.1) is 0 Å². The highest BCUT2D eigenvalue weighted by molar-refractivity contribution is 5.55. The molecule has 0 amide bonds. The van der Waals surface area contributed by atoms with E-state index in [0.717, 1.165) is 0 Å². The fourth-order valence-electron chi connectivity index (χ4n) is 2.30. The van der Waals surface area contributed by atoms with Gasteiger partial charge in [-0.2, -0.15) is 0 Å². The summed E-state index contributed by atoms with van der Waals surface area (Å²) in [6.07, 6.45) is 4.04. The Morgan fingerprint density at radius 1 is 1.20 bits per heavy atom. The van der Waals surface area contributed by atoms with Crippen LogP contribution in [0.3, 0.4) is 0 Å². The Kier molecular flexibility index (Phi) is 3.14.